The maximum absolute atomic E-state index is 12.9. The number of halogens is 1. The molecule has 2 unspecified atom stereocenters. The van der Waals surface area contributed by atoms with Crippen molar-refractivity contribution in [2.45, 2.75) is 36.5 Å². The lowest BCUT2D eigenvalue weighted by Crippen LogP contribution is -2.23. The van der Waals surface area contributed by atoms with Crippen molar-refractivity contribution < 1.29 is 9.59 Å². The molecule has 3 rings (SSSR count). The fourth-order valence-electron chi connectivity index (χ4n) is 3.14. The number of anilines is 1. The molecular formula is C18H18ClN3O2S. The van der Waals surface area contributed by atoms with Crippen LogP contribution in [-0.2, 0) is 9.59 Å². The van der Waals surface area contributed by atoms with E-state index >= 15 is 0 Å². The van der Waals surface area contributed by atoms with Crippen molar-refractivity contribution in [2.24, 2.45) is 5.92 Å². The van der Waals surface area contributed by atoms with Crippen LogP contribution in [-0.4, -0.2) is 21.7 Å². The molecule has 0 saturated heterocycles. The number of Topliss-reactive ketones (excluding diaryl/α,β-unsaturated/α-hetero) is 1. The predicted molar refractivity (Wildman–Crippen MR) is 99.1 cm³/mol. The fourth-order valence-corrected chi connectivity index (χ4v) is 3.47. The molecule has 0 spiro atoms. The predicted octanol–water partition coefficient (Wildman–Crippen LogP) is 3.90. The Labute approximate surface area is 156 Å². The van der Waals surface area contributed by atoms with Gasteiger partial charge in [0, 0.05) is 30.1 Å². The molecule has 1 amide bonds. The van der Waals surface area contributed by atoms with Crippen LogP contribution in [0.3, 0.4) is 0 Å². The van der Waals surface area contributed by atoms with Crippen LogP contribution in [0.15, 0.2) is 41.7 Å². The SMILES string of the molecule is O=C1CCC(CC(C(=O)Nc2cnccn2)c2ccc(S)c(Cl)c2)C1. The zero-order valence-electron chi connectivity index (χ0n) is 13.5. The van der Waals surface area contributed by atoms with Crippen LogP contribution in [0.1, 0.15) is 37.2 Å². The molecule has 1 aliphatic carbocycles. The van der Waals surface area contributed by atoms with Crippen molar-refractivity contribution in [1.82, 2.24) is 9.97 Å². The van der Waals surface area contributed by atoms with Gasteiger partial charge in [-0.2, -0.15) is 0 Å². The summed E-state index contributed by atoms with van der Waals surface area (Å²) in [5.74, 6) is 0.283. The van der Waals surface area contributed by atoms with Crippen LogP contribution in [0, 0.1) is 5.92 Å². The van der Waals surface area contributed by atoms with E-state index in [-0.39, 0.29) is 17.6 Å². The van der Waals surface area contributed by atoms with Crippen LogP contribution in [0.2, 0.25) is 5.02 Å². The highest BCUT2D eigenvalue weighted by Crippen LogP contribution is 2.35. The monoisotopic (exact) mass is 375 g/mol. The summed E-state index contributed by atoms with van der Waals surface area (Å²) in [4.78, 5) is 33.1. The molecule has 2 atom stereocenters. The summed E-state index contributed by atoms with van der Waals surface area (Å²) in [6.07, 6.45) is 7.12. The lowest BCUT2D eigenvalue weighted by molar-refractivity contribution is -0.119. The van der Waals surface area contributed by atoms with Gasteiger partial charge >= 0.3 is 0 Å². The number of hydrogen-bond acceptors (Lipinski definition) is 5. The number of thiol groups is 1. The molecule has 25 heavy (non-hydrogen) atoms. The summed E-state index contributed by atoms with van der Waals surface area (Å²) in [6, 6.07) is 5.40. The Kier molecular flexibility index (Phi) is 5.71. The summed E-state index contributed by atoms with van der Waals surface area (Å²) in [5.41, 5.74) is 0.809. The quantitative estimate of drug-likeness (QED) is 0.777. The van der Waals surface area contributed by atoms with E-state index in [4.69, 9.17) is 11.6 Å². The molecule has 1 aromatic carbocycles. The number of carbonyl (C=O) groups excluding carboxylic acids is 2. The molecule has 0 aliphatic heterocycles. The number of benzene rings is 1. The van der Waals surface area contributed by atoms with E-state index in [1.807, 2.05) is 6.07 Å². The van der Waals surface area contributed by atoms with Crippen LogP contribution in [0.4, 0.5) is 5.82 Å². The molecule has 0 radical (unpaired) electrons. The van der Waals surface area contributed by atoms with Crippen LogP contribution < -0.4 is 5.32 Å². The molecule has 1 N–H and O–H groups in total. The number of aromatic nitrogens is 2. The minimum Gasteiger partial charge on any atom is -0.309 e. The number of nitrogens with zero attached hydrogens (tertiary/aromatic N) is 2. The number of rotatable bonds is 5. The lowest BCUT2D eigenvalue weighted by atomic mass is 9.87. The Morgan fingerprint density at radius 1 is 1.40 bits per heavy atom. The number of hydrogen-bond donors (Lipinski definition) is 2. The minimum atomic E-state index is -0.413. The Morgan fingerprint density at radius 3 is 2.88 bits per heavy atom. The van der Waals surface area contributed by atoms with E-state index in [9.17, 15) is 9.59 Å². The minimum absolute atomic E-state index is 0.178. The number of ketones is 1. The molecule has 1 saturated carbocycles. The van der Waals surface area contributed by atoms with Gasteiger partial charge in [-0.25, -0.2) is 4.98 Å². The van der Waals surface area contributed by atoms with Gasteiger partial charge in [0.2, 0.25) is 5.91 Å². The topological polar surface area (TPSA) is 72.0 Å². The summed E-state index contributed by atoms with van der Waals surface area (Å²) in [5, 5.41) is 3.30. The number of nitrogens with one attached hydrogen (secondary N) is 1. The summed E-state index contributed by atoms with van der Waals surface area (Å²) >= 11 is 10.5. The van der Waals surface area contributed by atoms with Gasteiger partial charge in [-0.1, -0.05) is 17.7 Å². The van der Waals surface area contributed by atoms with Crippen molar-refractivity contribution in [2.75, 3.05) is 5.32 Å². The standard InChI is InChI=1S/C18H18ClN3O2S/c19-15-9-12(2-4-16(15)25)14(8-11-1-3-13(23)7-11)18(24)22-17-10-20-5-6-21-17/h2,4-6,9-11,14,25H,1,3,7-8H2,(H,21,22,24). The molecule has 1 aliphatic rings. The maximum Gasteiger partial charge on any atom is 0.233 e. The van der Waals surface area contributed by atoms with E-state index in [1.54, 1.807) is 18.3 Å². The summed E-state index contributed by atoms with van der Waals surface area (Å²) in [7, 11) is 0. The zero-order valence-corrected chi connectivity index (χ0v) is 15.1. The van der Waals surface area contributed by atoms with E-state index in [1.165, 1.54) is 12.4 Å². The van der Waals surface area contributed by atoms with Gasteiger partial charge in [-0.05, 0) is 36.5 Å². The van der Waals surface area contributed by atoms with Gasteiger partial charge in [0.05, 0.1) is 17.1 Å². The highest BCUT2D eigenvalue weighted by atomic mass is 35.5. The Morgan fingerprint density at radius 2 is 2.24 bits per heavy atom. The van der Waals surface area contributed by atoms with Crippen molar-refractivity contribution in [3.8, 4) is 0 Å². The van der Waals surface area contributed by atoms with Gasteiger partial charge < -0.3 is 5.32 Å². The van der Waals surface area contributed by atoms with Crippen molar-refractivity contribution >= 4 is 41.7 Å². The third kappa shape index (κ3) is 4.58. The number of amides is 1. The second-order valence-corrected chi connectivity index (χ2v) is 7.12. The van der Waals surface area contributed by atoms with Crippen LogP contribution in [0.25, 0.3) is 0 Å². The third-order valence-electron chi connectivity index (χ3n) is 4.42. The molecule has 5 nitrogen and oxygen atoms in total. The smallest absolute Gasteiger partial charge is 0.233 e. The fraction of sp³-hybridized carbons (Fsp3) is 0.333. The summed E-state index contributed by atoms with van der Waals surface area (Å²) in [6.45, 7) is 0. The molecule has 0 bridgehead atoms. The first-order valence-corrected chi connectivity index (χ1v) is 8.92. The Bertz CT molecular complexity index is 785. The first-order valence-electron chi connectivity index (χ1n) is 8.10. The highest BCUT2D eigenvalue weighted by molar-refractivity contribution is 7.80. The van der Waals surface area contributed by atoms with Gasteiger partial charge in [0.15, 0.2) is 5.82 Å². The Balaban J connectivity index is 1.83. The summed E-state index contributed by atoms with van der Waals surface area (Å²) < 4.78 is 0. The number of carbonyl (C=O) groups is 2. The van der Waals surface area contributed by atoms with E-state index in [2.05, 4.69) is 27.9 Å². The maximum atomic E-state index is 12.9. The normalized spacial score (nSPS) is 18.2. The van der Waals surface area contributed by atoms with Gasteiger partial charge in [-0.15, -0.1) is 12.6 Å². The lowest BCUT2D eigenvalue weighted by Gasteiger charge is -2.20. The molecule has 1 heterocycles. The van der Waals surface area contributed by atoms with Gasteiger partial charge in [-0.3, -0.25) is 14.6 Å². The Hall–Kier alpha value is -1.92. The first-order chi connectivity index (χ1) is 12.0. The molecular weight excluding hydrogens is 358 g/mol. The highest BCUT2D eigenvalue weighted by Gasteiger charge is 2.30. The van der Waals surface area contributed by atoms with Gasteiger partial charge in [0.1, 0.15) is 5.78 Å². The third-order valence-corrected chi connectivity index (χ3v) is 5.26. The molecule has 1 aromatic heterocycles. The first kappa shape index (κ1) is 17.9. The zero-order chi connectivity index (χ0) is 17.8. The average molecular weight is 376 g/mol. The second-order valence-electron chi connectivity index (χ2n) is 6.23. The van der Waals surface area contributed by atoms with E-state index < -0.39 is 5.92 Å². The van der Waals surface area contributed by atoms with Crippen molar-refractivity contribution in [1.29, 1.82) is 0 Å². The molecule has 7 heteroatoms. The van der Waals surface area contributed by atoms with Crippen LogP contribution >= 0.6 is 24.2 Å². The van der Waals surface area contributed by atoms with Crippen LogP contribution in [0.5, 0.6) is 0 Å². The molecule has 2 aromatic rings. The van der Waals surface area contributed by atoms with Crippen molar-refractivity contribution in [3.63, 3.8) is 0 Å². The molecule has 130 valence electrons. The molecule has 1 fully saturated rings. The van der Waals surface area contributed by atoms with Crippen molar-refractivity contribution in [3.05, 3.63) is 47.4 Å². The average Bonchev–Trinajstić information content (AvgIpc) is 3.01. The van der Waals surface area contributed by atoms with E-state index in [0.717, 1.165) is 12.0 Å². The van der Waals surface area contributed by atoms with Gasteiger partial charge in [0.25, 0.3) is 0 Å². The largest absolute Gasteiger partial charge is 0.309 e. The van der Waals surface area contributed by atoms with E-state index in [0.29, 0.717) is 35.0 Å². The second kappa shape index (κ2) is 7.97.